The number of fused-ring (bicyclic) bond motifs is 1. The number of halogens is 1. The maximum atomic E-state index is 13.0. The van der Waals surface area contributed by atoms with Crippen LogP contribution in [0.15, 0.2) is 53.6 Å². The predicted octanol–water partition coefficient (Wildman–Crippen LogP) is 3.49. The Morgan fingerprint density at radius 2 is 1.79 bits per heavy atom. The SMILES string of the molecule is CCOC(=O)Cc1cn(C(=O)c2ccc(Cl)cc2)c2ccc(S(C)(=O)=O)cc12. The normalized spacial score (nSPS) is 11.5. The van der Waals surface area contributed by atoms with Gasteiger partial charge in [-0.15, -0.1) is 0 Å². The van der Waals surface area contributed by atoms with E-state index in [9.17, 15) is 18.0 Å². The summed E-state index contributed by atoms with van der Waals surface area (Å²) in [6, 6.07) is 10.9. The Bertz CT molecular complexity index is 1160. The second kappa shape index (κ2) is 7.77. The maximum absolute atomic E-state index is 13.0. The number of carbonyl (C=O) groups is 2. The van der Waals surface area contributed by atoms with E-state index in [-0.39, 0.29) is 23.8 Å². The lowest BCUT2D eigenvalue weighted by atomic mass is 10.1. The van der Waals surface area contributed by atoms with E-state index >= 15 is 0 Å². The first kappa shape index (κ1) is 20.1. The topological polar surface area (TPSA) is 82.4 Å². The summed E-state index contributed by atoms with van der Waals surface area (Å²) in [5, 5.41) is 1.02. The molecule has 0 bridgehead atoms. The Labute approximate surface area is 167 Å². The van der Waals surface area contributed by atoms with E-state index in [1.54, 1.807) is 43.5 Å². The highest BCUT2D eigenvalue weighted by atomic mass is 35.5. The summed E-state index contributed by atoms with van der Waals surface area (Å²) in [5.41, 5.74) is 1.43. The standard InChI is InChI=1S/C20H18ClNO5S/c1-3-27-19(23)10-14-12-22(20(24)13-4-6-15(21)7-5-13)18-9-8-16(11-17(14)18)28(2,25)26/h4-9,11-12H,3,10H2,1-2H3. The minimum atomic E-state index is -3.44. The molecule has 0 saturated heterocycles. The van der Waals surface area contributed by atoms with Gasteiger partial charge in [-0.25, -0.2) is 8.42 Å². The number of benzene rings is 2. The Kier molecular flexibility index (Phi) is 5.58. The van der Waals surface area contributed by atoms with Gasteiger partial charge in [0.05, 0.1) is 23.4 Å². The smallest absolute Gasteiger partial charge is 0.310 e. The zero-order chi connectivity index (χ0) is 20.5. The molecule has 0 aliphatic carbocycles. The number of aromatic nitrogens is 1. The number of nitrogens with zero attached hydrogens (tertiary/aromatic N) is 1. The van der Waals surface area contributed by atoms with Crippen molar-refractivity contribution in [1.29, 1.82) is 0 Å². The van der Waals surface area contributed by atoms with Crippen molar-refractivity contribution in [2.75, 3.05) is 12.9 Å². The van der Waals surface area contributed by atoms with Crippen molar-refractivity contribution in [3.8, 4) is 0 Å². The zero-order valence-electron chi connectivity index (χ0n) is 15.3. The van der Waals surface area contributed by atoms with Gasteiger partial charge >= 0.3 is 5.97 Å². The van der Waals surface area contributed by atoms with E-state index in [2.05, 4.69) is 0 Å². The Balaban J connectivity index is 2.16. The van der Waals surface area contributed by atoms with Crippen molar-refractivity contribution in [2.24, 2.45) is 0 Å². The average Bonchev–Trinajstić information content (AvgIpc) is 2.99. The monoisotopic (exact) mass is 419 g/mol. The Morgan fingerprint density at radius 1 is 1.11 bits per heavy atom. The first-order valence-electron chi connectivity index (χ1n) is 8.50. The molecule has 6 nitrogen and oxygen atoms in total. The fourth-order valence-corrected chi connectivity index (χ4v) is 3.69. The van der Waals surface area contributed by atoms with Crippen molar-refractivity contribution in [3.05, 3.63) is 64.8 Å². The molecule has 0 aliphatic rings. The molecule has 146 valence electrons. The molecule has 0 N–H and O–H groups in total. The summed E-state index contributed by atoms with van der Waals surface area (Å²) in [6.07, 6.45) is 2.58. The number of hydrogen-bond acceptors (Lipinski definition) is 5. The van der Waals surface area contributed by atoms with Crippen LogP contribution in [0.5, 0.6) is 0 Å². The van der Waals surface area contributed by atoms with Crippen LogP contribution >= 0.6 is 11.6 Å². The molecule has 0 radical (unpaired) electrons. The highest BCUT2D eigenvalue weighted by Crippen LogP contribution is 2.27. The third-order valence-electron chi connectivity index (χ3n) is 4.24. The molecular formula is C20H18ClNO5S. The van der Waals surface area contributed by atoms with Crippen LogP contribution in [0.3, 0.4) is 0 Å². The molecule has 3 rings (SSSR count). The largest absolute Gasteiger partial charge is 0.466 e. The van der Waals surface area contributed by atoms with Crippen molar-refractivity contribution in [1.82, 2.24) is 4.57 Å². The van der Waals surface area contributed by atoms with E-state index in [0.717, 1.165) is 6.26 Å². The third-order valence-corrected chi connectivity index (χ3v) is 5.60. The van der Waals surface area contributed by atoms with Crippen LogP contribution in [0.2, 0.25) is 5.02 Å². The van der Waals surface area contributed by atoms with E-state index in [4.69, 9.17) is 16.3 Å². The lowest BCUT2D eigenvalue weighted by molar-refractivity contribution is -0.142. The number of esters is 1. The van der Waals surface area contributed by atoms with Crippen LogP contribution < -0.4 is 0 Å². The average molecular weight is 420 g/mol. The molecule has 2 aromatic carbocycles. The lowest BCUT2D eigenvalue weighted by Crippen LogP contribution is -2.11. The molecule has 0 fully saturated rings. The first-order chi connectivity index (χ1) is 13.2. The minimum absolute atomic E-state index is 0.0710. The molecule has 0 atom stereocenters. The van der Waals surface area contributed by atoms with Gasteiger partial charge in [-0.05, 0) is 55.0 Å². The molecule has 0 saturated carbocycles. The van der Waals surface area contributed by atoms with Gasteiger partial charge in [0.2, 0.25) is 0 Å². The molecule has 1 aromatic heterocycles. The number of rotatable bonds is 5. The van der Waals surface area contributed by atoms with Crippen molar-refractivity contribution in [3.63, 3.8) is 0 Å². The molecule has 3 aromatic rings. The van der Waals surface area contributed by atoms with E-state index in [1.807, 2.05) is 0 Å². The number of hydrogen-bond donors (Lipinski definition) is 0. The van der Waals surface area contributed by atoms with Crippen LogP contribution in [0, 0.1) is 0 Å². The van der Waals surface area contributed by atoms with Crippen LogP contribution in [0.1, 0.15) is 22.8 Å². The summed E-state index contributed by atoms with van der Waals surface area (Å²) >= 11 is 5.88. The number of carbonyl (C=O) groups excluding carboxylic acids is 2. The van der Waals surface area contributed by atoms with Crippen molar-refractivity contribution < 1.29 is 22.7 Å². The van der Waals surface area contributed by atoms with Crippen LogP contribution in [0.25, 0.3) is 10.9 Å². The van der Waals surface area contributed by atoms with E-state index < -0.39 is 15.8 Å². The van der Waals surface area contributed by atoms with Gasteiger partial charge in [-0.1, -0.05) is 11.6 Å². The molecule has 0 unspecified atom stereocenters. The second-order valence-electron chi connectivity index (χ2n) is 6.27. The highest BCUT2D eigenvalue weighted by molar-refractivity contribution is 7.90. The summed E-state index contributed by atoms with van der Waals surface area (Å²) in [6.45, 7) is 1.93. The molecule has 0 spiro atoms. The number of ether oxygens (including phenoxy) is 1. The summed E-state index contributed by atoms with van der Waals surface area (Å²) in [4.78, 5) is 25.1. The lowest BCUT2D eigenvalue weighted by Gasteiger charge is -2.05. The van der Waals surface area contributed by atoms with Crippen molar-refractivity contribution in [2.45, 2.75) is 18.2 Å². The van der Waals surface area contributed by atoms with E-state index in [0.29, 0.717) is 27.1 Å². The molecule has 28 heavy (non-hydrogen) atoms. The highest BCUT2D eigenvalue weighted by Gasteiger charge is 2.19. The first-order valence-corrected chi connectivity index (χ1v) is 10.8. The van der Waals surface area contributed by atoms with Crippen LogP contribution in [-0.2, 0) is 25.8 Å². The summed E-state index contributed by atoms with van der Waals surface area (Å²) < 4.78 is 30.3. The van der Waals surface area contributed by atoms with Crippen LogP contribution in [-0.4, -0.2) is 37.7 Å². The maximum Gasteiger partial charge on any atom is 0.310 e. The van der Waals surface area contributed by atoms with Gasteiger partial charge in [0, 0.05) is 28.4 Å². The Hall–Kier alpha value is -2.64. The van der Waals surface area contributed by atoms with E-state index in [1.165, 1.54) is 16.7 Å². The molecule has 0 aliphatic heterocycles. The third kappa shape index (κ3) is 4.10. The fraction of sp³-hybridized carbons (Fsp3) is 0.200. The van der Waals surface area contributed by atoms with Gasteiger partial charge in [-0.2, -0.15) is 0 Å². The molecule has 1 heterocycles. The van der Waals surface area contributed by atoms with Gasteiger partial charge in [0.1, 0.15) is 0 Å². The molecule has 0 amide bonds. The van der Waals surface area contributed by atoms with Gasteiger partial charge in [0.25, 0.3) is 5.91 Å². The van der Waals surface area contributed by atoms with Crippen LogP contribution in [0.4, 0.5) is 0 Å². The molecule has 8 heteroatoms. The quantitative estimate of drug-likeness (QED) is 0.591. The summed E-state index contributed by atoms with van der Waals surface area (Å²) in [7, 11) is -3.44. The summed E-state index contributed by atoms with van der Waals surface area (Å²) in [5.74, 6) is -0.769. The van der Waals surface area contributed by atoms with Gasteiger partial charge in [0.15, 0.2) is 9.84 Å². The predicted molar refractivity (Wildman–Crippen MR) is 107 cm³/mol. The Morgan fingerprint density at radius 3 is 2.39 bits per heavy atom. The second-order valence-corrected chi connectivity index (χ2v) is 8.72. The molecular weight excluding hydrogens is 402 g/mol. The van der Waals surface area contributed by atoms with Gasteiger partial charge in [-0.3, -0.25) is 14.2 Å². The zero-order valence-corrected chi connectivity index (χ0v) is 16.9. The fourth-order valence-electron chi connectivity index (χ4n) is 2.92. The number of sulfone groups is 1. The minimum Gasteiger partial charge on any atom is -0.466 e. The van der Waals surface area contributed by atoms with Crippen molar-refractivity contribution >= 4 is 44.2 Å². The van der Waals surface area contributed by atoms with Gasteiger partial charge < -0.3 is 4.74 Å².